The summed E-state index contributed by atoms with van der Waals surface area (Å²) in [5, 5.41) is 2.92. The number of rotatable bonds is 13. The largest absolute Gasteiger partial charge is 0.484 e. The van der Waals surface area contributed by atoms with E-state index in [1.165, 1.54) is 0 Å². The zero-order valence-corrected chi connectivity index (χ0v) is 17.7. The van der Waals surface area contributed by atoms with Gasteiger partial charge in [0.2, 0.25) is 0 Å². The third-order valence-electron chi connectivity index (χ3n) is 4.91. The first kappa shape index (κ1) is 21.8. The topological polar surface area (TPSA) is 65.4 Å². The molecule has 1 amide bonds. The van der Waals surface area contributed by atoms with E-state index in [2.05, 4.69) is 28.1 Å². The van der Waals surface area contributed by atoms with Gasteiger partial charge in [0.15, 0.2) is 6.61 Å². The van der Waals surface area contributed by atoms with Crippen molar-refractivity contribution in [3.8, 4) is 5.75 Å². The molecular weight excluding hydrogens is 378 g/mol. The van der Waals surface area contributed by atoms with Gasteiger partial charge in [-0.15, -0.1) is 0 Å². The van der Waals surface area contributed by atoms with Crippen molar-refractivity contribution in [1.29, 1.82) is 0 Å². The summed E-state index contributed by atoms with van der Waals surface area (Å²) in [7, 11) is 0. The third-order valence-corrected chi connectivity index (χ3v) is 4.91. The minimum atomic E-state index is -0.0865. The van der Waals surface area contributed by atoms with Crippen LogP contribution in [-0.2, 0) is 22.5 Å². The lowest BCUT2D eigenvalue weighted by Gasteiger charge is -2.10. The number of para-hydroxylation sites is 3. The van der Waals surface area contributed by atoms with Crippen LogP contribution in [0.25, 0.3) is 11.0 Å². The summed E-state index contributed by atoms with van der Waals surface area (Å²) in [4.78, 5) is 16.7. The number of nitrogens with one attached hydrogen (secondary N) is 1. The van der Waals surface area contributed by atoms with Gasteiger partial charge in [0.05, 0.1) is 17.6 Å². The van der Waals surface area contributed by atoms with Crippen LogP contribution in [0.1, 0.15) is 32.0 Å². The average Bonchev–Trinajstić information content (AvgIpc) is 3.13. The normalized spacial score (nSPS) is 11.0. The van der Waals surface area contributed by atoms with E-state index in [4.69, 9.17) is 14.5 Å². The number of aromatic nitrogens is 2. The van der Waals surface area contributed by atoms with Crippen LogP contribution in [0.4, 0.5) is 0 Å². The van der Waals surface area contributed by atoms with Crippen molar-refractivity contribution in [3.05, 3.63) is 60.4 Å². The molecule has 160 valence electrons. The highest BCUT2D eigenvalue weighted by Crippen LogP contribution is 2.18. The Morgan fingerprint density at radius 2 is 1.83 bits per heavy atom. The van der Waals surface area contributed by atoms with Gasteiger partial charge in [-0.1, -0.05) is 36.8 Å². The molecule has 0 aliphatic heterocycles. The second-order valence-electron chi connectivity index (χ2n) is 7.13. The molecule has 0 saturated heterocycles. The molecule has 6 heteroatoms. The molecule has 1 aromatic heterocycles. The van der Waals surface area contributed by atoms with Crippen LogP contribution < -0.4 is 10.1 Å². The van der Waals surface area contributed by atoms with Crippen molar-refractivity contribution in [2.24, 2.45) is 0 Å². The number of hydrogen-bond donors (Lipinski definition) is 1. The maximum Gasteiger partial charge on any atom is 0.257 e. The average molecular weight is 410 g/mol. The molecule has 0 fully saturated rings. The second kappa shape index (κ2) is 12.0. The minimum Gasteiger partial charge on any atom is -0.484 e. The van der Waals surface area contributed by atoms with Crippen LogP contribution in [0.15, 0.2) is 54.6 Å². The number of unbranched alkanes of at least 4 members (excludes halogenated alkanes) is 2. The Balaban J connectivity index is 1.37. The van der Waals surface area contributed by atoms with Crippen LogP contribution in [0, 0.1) is 0 Å². The second-order valence-corrected chi connectivity index (χ2v) is 7.13. The third kappa shape index (κ3) is 6.59. The standard InChI is InChI=1S/C24H31N3O3/c1-2-29-18-17-27-22-14-9-8-13-21(22)26-23(27)15-7-4-10-16-25-24(28)19-30-20-11-5-3-6-12-20/h3,5-6,8-9,11-14H,2,4,7,10,15-19H2,1H3,(H,25,28). The van der Waals surface area contributed by atoms with Gasteiger partial charge in [0.25, 0.3) is 5.91 Å². The SMILES string of the molecule is CCOCCn1c(CCCCCNC(=O)COc2ccccc2)nc2ccccc21. The van der Waals surface area contributed by atoms with Gasteiger partial charge < -0.3 is 19.4 Å². The van der Waals surface area contributed by atoms with Crippen molar-refractivity contribution >= 4 is 16.9 Å². The molecule has 0 unspecified atom stereocenters. The fourth-order valence-electron chi connectivity index (χ4n) is 3.40. The first-order chi connectivity index (χ1) is 14.8. The van der Waals surface area contributed by atoms with Crippen LogP contribution >= 0.6 is 0 Å². The molecule has 30 heavy (non-hydrogen) atoms. The summed E-state index contributed by atoms with van der Waals surface area (Å²) < 4.78 is 13.3. The molecule has 0 spiro atoms. The molecular formula is C24H31N3O3. The number of fused-ring (bicyclic) bond motifs is 1. The Labute approximate surface area is 178 Å². The van der Waals surface area contributed by atoms with Gasteiger partial charge >= 0.3 is 0 Å². The number of nitrogens with zero attached hydrogens (tertiary/aromatic N) is 2. The maximum atomic E-state index is 11.9. The number of benzene rings is 2. The van der Waals surface area contributed by atoms with Crippen LogP contribution in [-0.4, -0.2) is 41.8 Å². The van der Waals surface area contributed by atoms with Gasteiger partial charge in [0, 0.05) is 26.1 Å². The summed E-state index contributed by atoms with van der Waals surface area (Å²) in [6.07, 6.45) is 3.94. The fourth-order valence-corrected chi connectivity index (χ4v) is 3.40. The molecule has 6 nitrogen and oxygen atoms in total. The molecule has 0 aliphatic rings. The fraction of sp³-hybridized carbons (Fsp3) is 0.417. The molecule has 0 saturated carbocycles. The highest BCUT2D eigenvalue weighted by molar-refractivity contribution is 5.77. The van der Waals surface area contributed by atoms with Crippen molar-refractivity contribution in [2.45, 2.75) is 39.2 Å². The predicted molar refractivity (Wildman–Crippen MR) is 119 cm³/mol. The molecule has 2 aromatic carbocycles. The Bertz CT molecular complexity index is 908. The molecule has 0 aliphatic carbocycles. The molecule has 3 rings (SSSR count). The summed E-state index contributed by atoms with van der Waals surface area (Å²) in [6, 6.07) is 17.6. The van der Waals surface area contributed by atoms with E-state index >= 15 is 0 Å². The summed E-state index contributed by atoms with van der Waals surface area (Å²) in [5.74, 6) is 1.73. The van der Waals surface area contributed by atoms with Crippen LogP contribution in [0.2, 0.25) is 0 Å². The Kier molecular flexibility index (Phi) is 8.72. The Morgan fingerprint density at radius 1 is 1.03 bits per heavy atom. The number of amides is 1. The van der Waals surface area contributed by atoms with Gasteiger partial charge in [0.1, 0.15) is 11.6 Å². The number of carbonyl (C=O) groups excluding carboxylic acids is 1. The molecule has 3 aromatic rings. The highest BCUT2D eigenvalue weighted by Gasteiger charge is 2.10. The molecule has 1 heterocycles. The van der Waals surface area contributed by atoms with Gasteiger partial charge in [-0.25, -0.2) is 4.98 Å². The Hall–Kier alpha value is -2.86. The zero-order valence-electron chi connectivity index (χ0n) is 17.7. The lowest BCUT2D eigenvalue weighted by atomic mass is 10.2. The van der Waals surface area contributed by atoms with E-state index < -0.39 is 0 Å². The molecule has 1 N–H and O–H groups in total. The number of ether oxygens (including phenoxy) is 2. The zero-order chi connectivity index (χ0) is 21.0. The van der Waals surface area contributed by atoms with E-state index in [1.807, 2.05) is 43.3 Å². The van der Waals surface area contributed by atoms with Crippen molar-refractivity contribution < 1.29 is 14.3 Å². The number of imidazole rings is 1. The van der Waals surface area contributed by atoms with Crippen LogP contribution in [0.5, 0.6) is 5.75 Å². The number of hydrogen-bond acceptors (Lipinski definition) is 4. The first-order valence-corrected chi connectivity index (χ1v) is 10.7. The smallest absolute Gasteiger partial charge is 0.257 e. The predicted octanol–water partition coefficient (Wildman–Crippen LogP) is 3.98. The number of aryl methyl sites for hydroxylation is 1. The summed E-state index contributed by atoms with van der Waals surface area (Å²) in [6.45, 7) is 4.97. The Morgan fingerprint density at radius 3 is 2.67 bits per heavy atom. The van der Waals surface area contributed by atoms with Gasteiger partial charge in [-0.2, -0.15) is 0 Å². The van der Waals surface area contributed by atoms with Gasteiger partial charge in [-0.05, 0) is 44.0 Å². The summed E-state index contributed by atoms with van der Waals surface area (Å²) >= 11 is 0. The molecule has 0 bridgehead atoms. The lowest BCUT2D eigenvalue weighted by Crippen LogP contribution is -2.29. The van der Waals surface area contributed by atoms with Crippen molar-refractivity contribution in [1.82, 2.24) is 14.9 Å². The van der Waals surface area contributed by atoms with Crippen LogP contribution in [0.3, 0.4) is 0 Å². The number of carbonyl (C=O) groups is 1. The first-order valence-electron chi connectivity index (χ1n) is 10.7. The highest BCUT2D eigenvalue weighted by atomic mass is 16.5. The minimum absolute atomic E-state index is 0.0495. The lowest BCUT2D eigenvalue weighted by molar-refractivity contribution is -0.123. The maximum absolute atomic E-state index is 11.9. The van der Waals surface area contributed by atoms with E-state index in [0.717, 1.165) is 55.7 Å². The monoisotopic (exact) mass is 409 g/mol. The van der Waals surface area contributed by atoms with E-state index in [-0.39, 0.29) is 12.5 Å². The van der Waals surface area contributed by atoms with E-state index in [0.29, 0.717) is 18.9 Å². The van der Waals surface area contributed by atoms with Crippen molar-refractivity contribution in [2.75, 3.05) is 26.4 Å². The molecule has 0 atom stereocenters. The molecule has 0 radical (unpaired) electrons. The summed E-state index contributed by atoms with van der Waals surface area (Å²) in [5.41, 5.74) is 2.20. The van der Waals surface area contributed by atoms with Gasteiger partial charge in [-0.3, -0.25) is 4.79 Å². The van der Waals surface area contributed by atoms with Crippen molar-refractivity contribution in [3.63, 3.8) is 0 Å². The van der Waals surface area contributed by atoms with E-state index in [1.54, 1.807) is 0 Å². The quantitative estimate of drug-likeness (QED) is 0.434. The van der Waals surface area contributed by atoms with E-state index in [9.17, 15) is 4.79 Å².